The lowest BCUT2D eigenvalue weighted by molar-refractivity contribution is -0.120. The minimum atomic E-state index is -0.685. The van der Waals surface area contributed by atoms with Crippen LogP contribution < -0.4 is 10.6 Å². The number of fused-ring (bicyclic) bond motifs is 1. The molecule has 138 valence electrons. The van der Waals surface area contributed by atoms with Gasteiger partial charge in [-0.25, -0.2) is 0 Å². The molecule has 6 nitrogen and oxygen atoms in total. The van der Waals surface area contributed by atoms with Crippen molar-refractivity contribution >= 4 is 11.6 Å². The molecule has 0 aromatic heterocycles. The van der Waals surface area contributed by atoms with E-state index < -0.39 is 23.8 Å². The summed E-state index contributed by atoms with van der Waals surface area (Å²) in [7, 11) is 1.78. The number of hydrogen-bond acceptors (Lipinski definition) is 5. The average molecular weight is 347 g/mol. The predicted molar refractivity (Wildman–Crippen MR) is 97.7 cm³/mol. The fourth-order valence-electron chi connectivity index (χ4n) is 4.46. The Kier molecular flexibility index (Phi) is 5.04. The zero-order valence-electron chi connectivity index (χ0n) is 15.2. The van der Waals surface area contributed by atoms with E-state index in [1.165, 1.54) is 0 Å². The summed E-state index contributed by atoms with van der Waals surface area (Å²) in [6.07, 6.45) is 1.08. The average Bonchev–Trinajstić information content (AvgIpc) is 2.59. The summed E-state index contributed by atoms with van der Waals surface area (Å²) >= 11 is 0. The Morgan fingerprint density at radius 1 is 1.24 bits per heavy atom. The van der Waals surface area contributed by atoms with Crippen molar-refractivity contribution in [3.63, 3.8) is 0 Å². The van der Waals surface area contributed by atoms with E-state index in [1.807, 2.05) is 32.0 Å². The molecule has 2 aliphatic rings. The van der Waals surface area contributed by atoms with Gasteiger partial charge in [0.25, 0.3) is 5.91 Å². The molecule has 0 saturated carbocycles. The maximum atomic E-state index is 12.8. The first-order valence-corrected chi connectivity index (χ1v) is 9.06. The molecule has 6 heteroatoms. The van der Waals surface area contributed by atoms with Gasteiger partial charge in [-0.1, -0.05) is 12.1 Å². The summed E-state index contributed by atoms with van der Waals surface area (Å²) in [6.45, 7) is 4.95. The van der Waals surface area contributed by atoms with Gasteiger partial charge < -0.3 is 20.8 Å². The van der Waals surface area contributed by atoms with E-state index in [1.54, 1.807) is 13.1 Å². The lowest BCUT2D eigenvalue weighted by Crippen LogP contribution is -2.72. The van der Waals surface area contributed by atoms with Gasteiger partial charge in [-0.15, -0.1) is 0 Å². The molecule has 4 N–H and O–H groups in total. The van der Waals surface area contributed by atoms with Crippen molar-refractivity contribution in [3.05, 3.63) is 29.8 Å². The van der Waals surface area contributed by atoms with Gasteiger partial charge >= 0.3 is 0 Å². The highest BCUT2D eigenvalue weighted by molar-refractivity contribution is 5.99. The number of nitrogens with one attached hydrogen (secondary N) is 2. The monoisotopic (exact) mass is 347 g/mol. The minimum Gasteiger partial charge on any atom is -0.391 e. The highest BCUT2D eigenvalue weighted by atomic mass is 16.3. The molecule has 25 heavy (non-hydrogen) atoms. The number of aliphatic hydroxyl groups is 2. The van der Waals surface area contributed by atoms with E-state index >= 15 is 0 Å². The van der Waals surface area contributed by atoms with Gasteiger partial charge in [-0.05, 0) is 51.8 Å². The minimum absolute atomic E-state index is 0.0449. The smallest absolute Gasteiger partial charge is 0.253 e. The number of carbonyl (C=O) groups excluding carboxylic acids is 1. The maximum absolute atomic E-state index is 12.8. The van der Waals surface area contributed by atoms with E-state index in [0.717, 1.165) is 25.1 Å². The molecule has 2 aliphatic heterocycles. The Hall–Kier alpha value is -1.63. The van der Waals surface area contributed by atoms with Crippen LogP contribution in [-0.4, -0.2) is 64.4 Å². The predicted octanol–water partition coefficient (Wildman–Crippen LogP) is 1.20. The first-order chi connectivity index (χ1) is 11.9. The topological polar surface area (TPSA) is 84.8 Å². The molecular formula is C19H29N3O3. The van der Waals surface area contributed by atoms with Crippen LogP contribution >= 0.6 is 0 Å². The summed E-state index contributed by atoms with van der Waals surface area (Å²) in [4.78, 5) is 15.1. The number of piperidine rings is 2. The molecule has 0 aliphatic carbocycles. The molecule has 1 amide bonds. The van der Waals surface area contributed by atoms with Gasteiger partial charge in [0.2, 0.25) is 0 Å². The van der Waals surface area contributed by atoms with Crippen molar-refractivity contribution in [2.45, 2.75) is 62.9 Å². The molecule has 4 atom stereocenters. The Morgan fingerprint density at radius 3 is 2.68 bits per heavy atom. The number of benzene rings is 1. The Balaban J connectivity index is 1.83. The van der Waals surface area contributed by atoms with Gasteiger partial charge in [0.15, 0.2) is 0 Å². The summed E-state index contributed by atoms with van der Waals surface area (Å²) in [5.41, 5.74) is 0.886. The van der Waals surface area contributed by atoms with E-state index in [0.29, 0.717) is 12.0 Å². The second kappa shape index (κ2) is 6.94. The first-order valence-electron chi connectivity index (χ1n) is 9.06. The van der Waals surface area contributed by atoms with Crippen LogP contribution in [0.5, 0.6) is 0 Å². The van der Waals surface area contributed by atoms with Gasteiger partial charge in [-0.3, -0.25) is 9.69 Å². The number of nitrogens with zero attached hydrogens (tertiary/aromatic N) is 1. The van der Waals surface area contributed by atoms with Gasteiger partial charge in [-0.2, -0.15) is 0 Å². The molecule has 3 rings (SSSR count). The van der Waals surface area contributed by atoms with E-state index in [-0.39, 0.29) is 11.9 Å². The van der Waals surface area contributed by atoms with Crippen LogP contribution in [0.15, 0.2) is 24.3 Å². The van der Waals surface area contributed by atoms with E-state index in [2.05, 4.69) is 15.5 Å². The zero-order valence-corrected chi connectivity index (χ0v) is 15.2. The van der Waals surface area contributed by atoms with Crippen LogP contribution in [0, 0.1) is 0 Å². The van der Waals surface area contributed by atoms with Gasteiger partial charge in [0.1, 0.15) is 0 Å². The standard InChI is InChI=1S/C19H29N3O3/c1-19(2)17(16(24)11-14-15(23)9-6-10-22(14)19)21-18(25)12-7-4-5-8-13(12)20-3/h4-5,7-8,14-17,20,23-24H,6,9-11H2,1-3H3,(H,21,25)/t14-,15+,16+,17+/m1/s1. The second-order valence-corrected chi connectivity index (χ2v) is 7.67. The molecule has 0 radical (unpaired) electrons. The maximum Gasteiger partial charge on any atom is 0.253 e. The van der Waals surface area contributed by atoms with Crippen molar-refractivity contribution < 1.29 is 15.0 Å². The van der Waals surface area contributed by atoms with Crippen molar-refractivity contribution in [1.29, 1.82) is 0 Å². The third-order valence-corrected chi connectivity index (χ3v) is 5.84. The van der Waals surface area contributed by atoms with Crippen molar-refractivity contribution in [2.75, 3.05) is 18.9 Å². The van der Waals surface area contributed by atoms with Crippen molar-refractivity contribution in [1.82, 2.24) is 10.2 Å². The molecular weight excluding hydrogens is 318 g/mol. The largest absolute Gasteiger partial charge is 0.391 e. The Bertz CT molecular complexity index is 634. The molecule has 2 saturated heterocycles. The first kappa shape index (κ1) is 18.2. The van der Waals surface area contributed by atoms with E-state index in [4.69, 9.17) is 0 Å². The van der Waals surface area contributed by atoms with Crippen LogP contribution in [0.4, 0.5) is 5.69 Å². The number of anilines is 1. The van der Waals surface area contributed by atoms with Crippen molar-refractivity contribution in [2.24, 2.45) is 0 Å². The van der Waals surface area contributed by atoms with Gasteiger partial charge in [0, 0.05) is 24.3 Å². The fraction of sp³-hybridized carbons (Fsp3) is 0.632. The lowest BCUT2D eigenvalue weighted by Gasteiger charge is -2.57. The number of para-hydroxylation sites is 1. The summed E-state index contributed by atoms with van der Waals surface area (Å²) in [5, 5.41) is 27.1. The zero-order chi connectivity index (χ0) is 18.2. The number of rotatable bonds is 3. The highest BCUT2D eigenvalue weighted by Gasteiger charge is 2.51. The van der Waals surface area contributed by atoms with Crippen LogP contribution in [0.1, 0.15) is 43.5 Å². The second-order valence-electron chi connectivity index (χ2n) is 7.67. The summed E-state index contributed by atoms with van der Waals surface area (Å²) in [6, 6.07) is 6.89. The van der Waals surface area contributed by atoms with Crippen LogP contribution in [-0.2, 0) is 0 Å². The SMILES string of the molecule is CNc1ccccc1C(=O)N[C@H]1[C@@H](O)C[C@@H]2[C@@H](O)CCCN2C1(C)C. The normalized spacial score (nSPS) is 31.9. The van der Waals surface area contributed by atoms with Gasteiger partial charge in [0.05, 0.1) is 23.8 Å². The quantitative estimate of drug-likeness (QED) is 0.660. The third kappa shape index (κ3) is 3.26. The van der Waals surface area contributed by atoms with Crippen molar-refractivity contribution in [3.8, 4) is 0 Å². The number of carbonyl (C=O) groups is 1. The lowest BCUT2D eigenvalue weighted by atomic mass is 9.75. The molecule has 0 unspecified atom stereocenters. The van der Waals surface area contributed by atoms with E-state index in [9.17, 15) is 15.0 Å². The molecule has 0 bridgehead atoms. The Morgan fingerprint density at radius 2 is 1.96 bits per heavy atom. The molecule has 0 spiro atoms. The molecule has 1 aromatic carbocycles. The summed E-state index contributed by atoms with van der Waals surface area (Å²) in [5.74, 6) is -0.196. The molecule has 1 aromatic rings. The number of hydrogen-bond donors (Lipinski definition) is 4. The third-order valence-electron chi connectivity index (χ3n) is 5.84. The highest BCUT2D eigenvalue weighted by Crippen LogP contribution is 2.37. The number of aliphatic hydroxyl groups excluding tert-OH is 2. The fourth-order valence-corrected chi connectivity index (χ4v) is 4.46. The Labute approximate surface area is 149 Å². The number of amides is 1. The van der Waals surface area contributed by atoms with Crippen LogP contribution in [0.25, 0.3) is 0 Å². The van der Waals surface area contributed by atoms with Crippen LogP contribution in [0.2, 0.25) is 0 Å². The van der Waals surface area contributed by atoms with Crippen LogP contribution in [0.3, 0.4) is 0 Å². The summed E-state index contributed by atoms with van der Waals surface area (Å²) < 4.78 is 0. The molecule has 2 fully saturated rings. The molecule has 2 heterocycles.